The number of benzene rings is 2. The first-order valence-electron chi connectivity index (χ1n) is 9.67. The topological polar surface area (TPSA) is 102 Å². The number of ether oxygens (including phenoxy) is 1. The molecule has 176 valence electrons. The second-order valence-corrected chi connectivity index (χ2v) is 9.03. The summed E-state index contributed by atoms with van der Waals surface area (Å²) in [7, 11) is -2.54. The van der Waals surface area contributed by atoms with Crippen molar-refractivity contribution < 1.29 is 31.1 Å². The van der Waals surface area contributed by atoms with E-state index in [-0.39, 0.29) is 16.5 Å². The zero-order chi connectivity index (χ0) is 24.4. The van der Waals surface area contributed by atoms with Crippen LogP contribution >= 0.6 is 0 Å². The summed E-state index contributed by atoms with van der Waals surface area (Å²) in [6, 6.07) is 10.4. The van der Waals surface area contributed by atoms with Crippen molar-refractivity contribution in [2.45, 2.75) is 31.0 Å². The summed E-state index contributed by atoms with van der Waals surface area (Å²) in [6.07, 6.45) is -3.43. The van der Waals surface area contributed by atoms with Crippen LogP contribution in [-0.2, 0) is 17.1 Å². The number of aryl methyl sites for hydroxylation is 1. The van der Waals surface area contributed by atoms with Crippen LogP contribution in [0.2, 0.25) is 0 Å². The van der Waals surface area contributed by atoms with Crippen LogP contribution in [0.25, 0.3) is 0 Å². The van der Waals surface area contributed by atoms with Crippen molar-refractivity contribution in [3.63, 3.8) is 0 Å². The first-order chi connectivity index (χ1) is 15.4. The number of carbonyl (C=O) groups excluding carboxylic acids is 1. The summed E-state index contributed by atoms with van der Waals surface area (Å²) < 4.78 is 70.9. The lowest BCUT2D eigenvalue weighted by Crippen LogP contribution is -2.19. The fourth-order valence-electron chi connectivity index (χ4n) is 3.08. The molecule has 0 fully saturated rings. The van der Waals surface area contributed by atoms with Crippen LogP contribution in [0.15, 0.2) is 59.6 Å². The SMILES string of the molecule is CC(C)c1cc(NC(=O)c2ccnn2C)ccc1S(=O)(=O)Nc1cccc(OC(F)(F)F)c1. The quantitative estimate of drug-likeness (QED) is 0.517. The average Bonchev–Trinajstić information content (AvgIpc) is 3.12. The maximum Gasteiger partial charge on any atom is 0.573 e. The van der Waals surface area contributed by atoms with Crippen LogP contribution in [-0.4, -0.2) is 30.5 Å². The van der Waals surface area contributed by atoms with Gasteiger partial charge in [-0.3, -0.25) is 14.2 Å². The number of sulfonamides is 1. The maximum absolute atomic E-state index is 13.0. The number of nitrogens with one attached hydrogen (secondary N) is 2. The van der Waals surface area contributed by atoms with Gasteiger partial charge in [-0.05, 0) is 47.9 Å². The van der Waals surface area contributed by atoms with Crippen LogP contribution < -0.4 is 14.8 Å². The van der Waals surface area contributed by atoms with E-state index in [9.17, 15) is 26.4 Å². The molecule has 0 saturated carbocycles. The largest absolute Gasteiger partial charge is 0.573 e. The number of aromatic nitrogens is 2. The fraction of sp³-hybridized carbons (Fsp3) is 0.238. The number of alkyl halides is 3. The second-order valence-electron chi connectivity index (χ2n) is 7.38. The van der Waals surface area contributed by atoms with Crippen molar-refractivity contribution in [2.24, 2.45) is 7.05 Å². The molecule has 1 heterocycles. The van der Waals surface area contributed by atoms with Gasteiger partial charge in [0.25, 0.3) is 15.9 Å². The van der Waals surface area contributed by atoms with Gasteiger partial charge in [-0.25, -0.2) is 8.42 Å². The van der Waals surface area contributed by atoms with Crippen molar-refractivity contribution in [3.05, 3.63) is 66.0 Å². The molecule has 0 aliphatic heterocycles. The molecule has 2 aromatic carbocycles. The lowest BCUT2D eigenvalue weighted by molar-refractivity contribution is -0.274. The Labute approximate surface area is 188 Å². The Morgan fingerprint density at radius 1 is 1.09 bits per heavy atom. The predicted octanol–water partition coefficient (Wildman–Crippen LogP) is 4.50. The molecule has 1 amide bonds. The highest BCUT2D eigenvalue weighted by molar-refractivity contribution is 7.92. The summed E-state index contributed by atoms with van der Waals surface area (Å²) in [5.41, 5.74) is 1.01. The zero-order valence-corrected chi connectivity index (χ0v) is 18.7. The number of halogens is 3. The summed E-state index contributed by atoms with van der Waals surface area (Å²) in [4.78, 5) is 12.4. The van der Waals surface area contributed by atoms with Gasteiger partial charge in [-0.2, -0.15) is 5.10 Å². The number of hydrogen-bond donors (Lipinski definition) is 2. The molecular weight excluding hydrogens is 461 g/mol. The van der Waals surface area contributed by atoms with E-state index < -0.39 is 28.0 Å². The Balaban J connectivity index is 1.88. The molecule has 0 radical (unpaired) electrons. The van der Waals surface area contributed by atoms with Crippen molar-refractivity contribution in [1.29, 1.82) is 0 Å². The summed E-state index contributed by atoms with van der Waals surface area (Å²) in [5, 5.41) is 6.63. The van der Waals surface area contributed by atoms with E-state index in [0.29, 0.717) is 16.9 Å². The van der Waals surface area contributed by atoms with Gasteiger partial charge in [0.15, 0.2) is 0 Å². The first-order valence-corrected chi connectivity index (χ1v) is 11.2. The molecule has 0 atom stereocenters. The van der Waals surface area contributed by atoms with Crippen LogP contribution in [0.4, 0.5) is 24.5 Å². The molecule has 2 N–H and O–H groups in total. The predicted molar refractivity (Wildman–Crippen MR) is 116 cm³/mol. The monoisotopic (exact) mass is 482 g/mol. The van der Waals surface area contributed by atoms with Gasteiger partial charge in [-0.1, -0.05) is 19.9 Å². The number of rotatable bonds is 7. The summed E-state index contributed by atoms with van der Waals surface area (Å²) in [6.45, 7) is 3.55. The van der Waals surface area contributed by atoms with Gasteiger partial charge in [-0.15, -0.1) is 13.2 Å². The Kier molecular flexibility index (Phi) is 6.68. The first kappa shape index (κ1) is 24.1. The molecule has 3 aromatic rings. The normalized spacial score (nSPS) is 12.0. The van der Waals surface area contributed by atoms with E-state index in [1.807, 2.05) is 0 Å². The van der Waals surface area contributed by atoms with E-state index in [1.54, 1.807) is 20.9 Å². The van der Waals surface area contributed by atoms with Crippen molar-refractivity contribution in [2.75, 3.05) is 10.0 Å². The van der Waals surface area contributed by atoms with E-state index in [4.69, 9.17) is 0 Å². The smallest absolute Gasteiger partial charge is 0.406 e. The lowest BCUT2D eigenvalue weighted by atomic mass is 10.0. The average molecular weight is 482 g/mol. The highest BCUT2D eigenvalue weighted by Crippen LogP contribution is 2.30. The standard InChI is InChI=1S/C21H21F3N4O4S/c1-13(2)17-12-14(26-20(29)18-9-10-25-28(18)3)7-8-19(17)33(30,31)27-15-5-4-6-16(11-15)32-21(22,23)24/h4-13,27H,1-3H3,(H,26,29). The number of anilines is 2. The van der Waals surface area contributed by atoms with Gasteiger partial charge in [0.1, 0.15) is 11.4 Å². The van der Waals surface area contributed by atoms with Crippen LogP contribution in [0.3, 0.4) is 0 Å². The third-order valence-corrected chi connectivity index (χ3v) is 6.01. The molecule has 0 bridgehead atoms. The second kappa shape index (κ2) is 9.14. The van der Waals surface area contributed by atoms with Crippen LogP contribution in [0.1, 0.15) is 35.8 Å². The van der Waals surface area contributed by atoms with E-state index in [2.05, 4.69) is 19.9 Å². The summed E-state index contributed by atoms with van der Waals surface area (Å²) in [5.74, 6) is -1.22. The Morgan fingerprint density at radius 2 is 1.82 bits per heavy atom. The Morgan fingerprint density at radius 3 is 2.42 bits per heavy atom. The van der Waals surface area contributed by atoms with Gasteiger partial charge < -0.3 is 10.1 Å². The highest BCUT2D eigenvalue weighted by Gasteiger charge is 2.31. The van der Waals surface area contributed by atoms with Gasteiger partial charge in [0, 0.05) is 25.0 Å². The minimum Gasteiger partial charge on any atom is -0.406 e. The third-order valence-electron chi connectivity index (χ3n) is 4.55. The van der Waals surface area contributed by atoms with Crippen LogP contribution in [0.5, 0.6) is 5.75 Å². The fourth-order valence-corrected chi connectivity index (χ4v) is 4.48. The Bertz CT molecular complexity index is 1270. The van der Waals surface area contributed by atoms with E-state index in [0.717, 1.165) is 12.1 Å². The summed E-state index contributed by atoms with van der Waals surface area (Å²) >= 11 is 0. The van der Waals surface area contributed by atoms with Crippen molar-refractivity contribution in [3.8, 4) is 5.75 Å². The van der Waals surface area contributed by atoms with Crippen molar-refractivity contribution in [1.82, 2.24) is 9.78 Å². The highest BCUT2D eigenvalue weighted by atomic mass is 32.2. The molecule has 8 nitrogen and oxygen atoms in total. The minimum atomic E-state index is -4.90. The Hall–Kier alpha value is -3.54. The molecule has 12 heteroatoms. The van der Waals surface area contributed by atoms with Gasteiger partial charge in [0.2, 0.25) is 0 Å². The molecule has 0 spiro atoms. The van der Waals surface area contributed by atoms with Gasteiger partial charge in [0.05, 0.1) is 10.6 Å². The zero-order valence-electron chi connectivity index (χ0n) is 17.8. The lowest BCUT2D eigenvalue weighted by Gasteiger charge is -2.17. The molecule has 33 heavy (non-hydrogen) atoms. The molecule has 0 aliphatic carbocycles. The molecule has 0 saturated heterocycles. The number of carbonyl (C=O) groups is 1. The molecule has 0 aliphatic rings. The number of hydrogen-bond acceptors (Lipinski definition) is 5. The molecule has 0 unspecified atom stereocenters. The van der Waals surface area contributed by atoms with Crippen LogP contribution in [0, 0.1) is 0 Å². The molecule has 3 rings (SSSR count). The number of nitrogens with zero attached hydrogens (tertiary/aromatic N) is 2. The molecule has 1 aromatic heterocycles. The molecular formula is C21H21F3N4O4S. The van der Waals surface area contributed by atoms with E-state index >= 15 is 0 Å². The minimum absolute atomic E-state index is 0.0711. The third kappa shape index (κ3) is 6.04. The van der Waals surface area contributed by atoms with E-state index in [1.165, 1.54) is 47.3 Å². The van der Waals surface area contributed by atoms with Crippen molar-refractivity contribution >= 4 is 27.3 Å². The van der Waals surface area contributed by atoms with Gasteiger partial charge >= 0.3 is 6.36 Å². The maximum atomic E-state index is 13.0. The number of amides is 1.